The van der Waals surface area contributed by atoms with E-state index >= 15 is 0 Å². The molecule has 1 aliphatic rings. The quantitative estimate of drug-likeness (QED) is 0.429. The molecule has 0 aliphatic carbocycles. The zero-order valence-electron chi connectivity index (χ0n) is 18.3. The lowest BCUT2D eigenvalue weighted by atomic mass is 10.0. The summed E-state index contributed by atoms with van der Waals surface area (Å²) in [5.41, 5.74) is 2.40. The molecular weight excluding hydrogens is 428 g/mol. The molecule has 0 unspecified atom stereocenters. The van der Waals surface area contributed by atoms with E-state index in [1.54, 1.807) is 30.3 Å². The molecular formula is C25H26O8. The Morgan fingerprint density at radius 2 is 1.39 bits per heavy atom. The van der Waals surface area contributed by atoms with Crippen molar-refractivity contribution < 1.29 is 39.4 Å². The van der Waals surface area contributed by atoms with Gasteiger partial charge in [0, 0.05) is 11.6 Å². The van der Waals surface area contributed by atoms with Gasteiger partial charge in [-0.2, -0.15) is 0 Å². The van der Waals surface area contributed by atoms with E-state index in [0.29, 0.717) is 29.9 Å². The van der Waals surface area contributed by atoms with E-state index in [-0.39, 0.29) is 35.4 Å². The molecule has 4 N–H and O–H groups in total. The van der Waals surface area contributed by atoms with Gasteiger partial charge in [-0.1, -0.05) is 6.07 Å². The van der Waals surface area contributed by atoms with Crippen LogP contribution < -0.4 is 18.9 Å². The van der Waals surface area contributed by atoms with Crippen LogP contribution in [0.5, 0.6) is 40.2 Å². The van der Waals surface area contributed by atoms with E-state index in [9.17, 15) is 20.4 Å². The molecule has 2 atom stereocenters. The first-order chi connectivity index (χ1) is 15.9. The number of fused-ring (bicyclic) bond motifs is 1. The first-order valence-electron chi connectivity index (χ1n) is 10.5. The minimum atomic E-state index is -0.669. The van der Waals surface area contributed by atoms with Gasteiger partial charge in [-0.3, -0.25) is 0 Å². The van der Waals surface area contributed by atoms with Crippen molar-refractivity contribution in [2.45, 2.75) is 25.0 Å². The summed E-state index contributed by atoms with van der Waals surface area (Å²) in [5, 5.41) is 39.5. The summed E-state index contributed by atoms with van der Waals surface area (Å²) in [5.74, 6) is 1.39. The molecule has 8 nitrogen and oxygen atoms in total. The Morgan fingerprint density at radius 1 is 0.758 bits per heavy atom. The standard InChI is InChI=1S/C25H26O8/c1-30-21-10-16(11-22(31-2)24(21)29)25-23(13-26)32-19-6-5-14(9-20(19)33-25)3-4-15-7-17(27)12-18(28)8-15/h5-12,23,25-29H,3-4,13H2,1-2H3/t23-,25-/m0/s1. The molecule has 4 rings (SSSR count). The minimum Gasteiger partial charge on any atom is -0.508 e. The molecule has 1 aliphatic heterocycles. The highest BCUT2D eigenvalue weighted by Crippen LogP contribution is 2.44. The van der Waals surface area contributed by atoms with Crippen molar-refractivity contribution in [3.8, 4) is 40.2 Å². The van der Waals surface area contributed by atoms with Gasteiger partial charge in [-0.05, 0) is 60.4 Å². The van der Waals surface area contributed by atoms with Gasteiger partial charge in [-0.15, -0.1) is 0 Å². The number of aliphatic hydroxyl groups is 1. The van der Waals surface area contributed by atoms with Crippen molar-refractivity contribution in [2.24, 2.45) is 0 Å². The van der Waals surface area contributed by atoms with E-state index in [1.165, 1.54) is 20.3 Å². The second-order valence-electron chi connectivity index (χ2n) is 7.79. The second-order valence-corrected chi connectivity index (χ2v) is 7.79. The van der Waals surface area contributed by atoms with Crippen molar-refractivity contribution >= 4 is 0 Å². The van der Waals surface area contributed by atoms with Gasteiger partial charge in [0.25, 0.3) is 0 Å². The van der Waals surface area contributed by atoms with Gasteiger partial charge >= 0.3 is 0 Å². The Bertz CT molecular complexity index is 1100. The summed E-state index contributed by atoms with van der Waals surface area (Å²) in [7, 11) is 2.88. The molecule has 0 spiro atoms. The van der Waals surface area contributed by atoms with Crippen LogP contribution in [0.3, 0.4) is 0 Å². The van der Waals surface area contributed by atoms with E-state index in [1.807, 2.05) is 12.1 Å². The van der Waals surface area contributed by atoms with Gasteiger partial charge in [0.05, 0.1) is 20.8 Å². The number of phenolic OH excluding ortho intramolecular Hbond substituents is 3. The summed E-state index contributed by atoms with van der Waals surface area (Å²) < 4.78 is 22.7. The lowest BCUT2D eigenvalue weighted by Crippen LogP contribution is -2.36. The number of rotatable bonds is 7. The monoisotopic (exact) mass is 454 g/mol. The first kappa shape index (κ1) is 22.4. The number of hydrogen-bond donors (Lipinski definition) is 4. The van der Waals surface area contributed by atoms with Gasteiger partial charge in [-0.25, -0.2) is 0 Å². The van der Waals surface area contributed by atoms with Crippen LogP contribution in [0.1, 0.15) is 22.8 Å². The Hall–Kier alpha value is -3.78. The molecule has 33 heavy (non-hydrogen) atoms. The van der Waals surface area contributed by atoms with Crippen LogP contribution in [0, 0.1) is 0 Å². The smallest absolute Gasteiger partial charge is 0.200 e. The maximum absolute atomic E-state index is 10.2. The largest absolute Gasteiger partial charge is 0.508 e. The molecule has 0 radical (unpaired) electrons. The van der Waals surface area contributed by atoms with Crippen LogP contribution in [0.4, 0.5) is 0 Å². The summed E-state index contributed by atoms with van der Waals surface area (Å²) in [6.07, 6.45) is -0.0766. The van der Waals surface area contributed by atoms with Crippen LogP contribution >= 0.6 is 0 Å². The van der Waals surface area contributed by atoms with Crippen LogP contribution in [0.2, 0.25) is 0 Å². The predicted molar refractivity (Wildman–Crippen MR) is 120 cm³/mol. The zero-order chi connectivity index (χ0) is 23.5. The van der Waals surface area contributed by atoms with Crippen LogP contribution in [0.15, 0.2) is 48.5 Å². The topological polar surface area (TPSA) is 118 Å². The lowest BCUT2D eigenvalue weighted by molar-refractivity contribution is -0.0125. The van der Waals surface area contributed by atoms with Crippen LogP contribution in [-0.2, 0) is 12.8 Å². The highest BCUT2D eigenvalue weighted by atomic mass is 16.6. The number of aryl methyl sites for hydroxylation is 2. The lowest BCUT2D eigenvalue weighted by Gasteiger charge is -2.34. The van der Waals surface area contributed by atoms with E-state index in [0.717, 1.165) is 11.1 Å². The molecule has 174 valence electrons. The molecule has 1 heterocycles. The third kappa shape index (κ3) is 4.70. The first-order valence-corrected chi connectivity index (χ1v) is 10.5. The molecule has 0 bridgehead atoms. The average Bonchev–Trinajstić information content (AvgIpc) is 2.81. The van der Waals surface area contributed by atoms with E-state index < -0.39 is 12.2 Å². The van der Waals surface area contributed by atoms with Crippen molar-refractivity contribution in [1.82, 2.24) is 0 Å². The molecule has 0 fully saturated rings. The number of methoxy groups -OCH3 is 2. The highest BCUT2D eigenvalue weighted by Gasteiger charge is 2.34. The molecule has 0 saturated heterocycles. The Labute approximate surface area is 191 Å². The number of aliphatic hydroxyl groups excluding tert-OH is 1. The Balaban J connectivity index is 1.59. The third-order valence-corrected chi connectivity index (χ3v) is 5.55. The summed E-state index contributed by atoms with van der Waals surface area (Å²) in [6, 6.07) is 13.3. The number of aromatic hydroxyl groups is 3. The summed E-state index contributed by atoms with van der Waals surface area (Å²) in [6.45, 7) is -0.279. The molecule has 8 heteroatoms. The van der Waals surface area contributed by atoms with Gasteiger partial charge in [0.2, 0.25) is 5.75 Å². The van der Waals surface area contributed by atoms with Gasteiger partial charge in [0.15, 0.2) is 35.2 Å². The SMILES string of the molecule is COc1cc([C@@H]2Oc3cc(CCc4cc(O)cc(O)c4)ccc3O[C@H]2CO)cc(OC)c1O. The molecule has 0 saturated carbocycles. The zero-order valence-corrected chi connectivity index (χ0v) is 18.3. The van der Waals surface area contributed by atoms with Crippen molar-refractivity contribution in [3.05, 3.63) is 65.2 Å². The molecule has 3 aromatic carbocycles. The van der Waals surface area contributed by atoms with Crippen molar-refractivity contribution in [3.63, 3.8) is 0 Å². The third-order valence-electron chi connectivity index (χ3n) is 5.55. The number of phenols is 3. The number of benzene rings is 3. The average molecular weight is 454 g/mol. The molecule has 0 aromatic heterocycles. The van der Waals surface area contributed by atoms with Crippen LogP contribution in [0.25, 0.3) is 0 Å². The van der Waals surface area contributed by atoms with E-state index in [4.69, 9.17) is 18.9 Å². The normalized spacial score (nSPS) is 16.9. The van der Waals surface area contributed by atoms with Crippen LogP contribution in [-0.4, -0.2) is 47.4 Å². The van der Waals surface area contributed by atoms with E-state index in [2.05, 4.69) is 0 Å². The minimum absolute atomic E-state index is 0.0183. The highest BCUT2D eigenvalue weighted by molar-refractivity contribution is 5.54. The van der Waals surface area contributed by atoms with Crippen molar-refractivity contribution in [2.75, 3.05) is 20.8 Å². The predicted octanol–water partition coefficient (Wildman–Crippen LogP) is 3.48. The fraction of sp³-hybridized carbons (Fsp3) is 0.280. The fourth-order valence-electron chi connectivity index (χ4n) is 3.92. The fourth-order valence-corrected chi connectivity index (χ4v) is 3.92. The Kier molecular flexibility index (Phi) is 6.37. The molecule has 3 aromatic rings. The number of ether oxygens (including phenoxy) is 4. The summed E-state index contributed by atoms with van der Waals surface area (Å²) in [4.78, 5) is 0. The number of hydrogen-bond acceptors (Lipinski definition) is 8. The molecule has 0 amide bonds. The maximum atomic E-state index is 10.2. The Morgan fingerprint density at radius 3 is 2.00 bits per heavy atom. The second kappa shape index (κ2) is 9.38. The van der Waals surface area contributed by atoms with Crippen molar-refractivity contribution in [1.29, 1.82) is 0 Å². The maximum Gasteiger partial charge on any atom is 0.200 e. The van der Waals surface area contributed by atoms with Gasteiger partial charge < -0.3 is 39.4 Å². The van der Waals surface area contributed by atoms with Gasteiger partial charge in [0.1, 0.15) is 11.5 Å². The summed E-state index contributed by atoms with van der Waals surface area (Å²) >= 11 is 0.